The number of ether oxygens (including phenoxy) is 13. The van der Waals surface area contributed by atoms with E-state index in [9.17, 15) is 85.3 Å². The van der Waals surface area contributed by atoms with Gasteiger partial charge in [-0.05, 0) is 57.7 Å². The van der Waals surface area contributed by atoms with Crippen LogP contribution in [0, 0.1) is 0 Å². The number of hydrogen-bond donors (Lipinski definition) is 17. The van der Waals surface area contributed by atoms with E-state index in [1.54, 1.807) is 12.1 Å². The molecule has 0 bridgehead atoms. The van der Waals surface area contributed by atoms with Crippen LogP contribution in [0.5, 0.6) is 5.75 Å². The summed E-state index contributed by atoms with van der Waals surface area (Å²) in [6.45, 7) is 5.51. The first kappa shape index (κ1) is 81.4. The van der Waals surface area contributed by atoms with E-state index in [1.807, 2.05) is 0 Å². The van der Waals surface area contributed by atoms with Crippen molar-refractivity contribution < 1.29 is 147 Å². The van der Waals surface area contributed by atoms with Gasteiger partial charge in [-0.25, -0.2) is 0 Å². The average molecular weight is 1420 g/mol. The first-order valence-electron chi connectivity index (χ1n) is 33.5. The second kappa shape index (κ2) is 38.6. The lowest BCUT2D eigenvalue weighted by Gasteiger charge is -2.51. The van der Waals surface area contributed by atoms with Crippen molar-refractivity contribution in [1.82, 2.24) is 26.6 Å². The van der Waals surface area contributed by atoms with E-state index in [1.165, 1.54) is 52.9 Å². The van der Waals surface area contributed by atoms with E-state index >= 15 is 0 Å². The number of unbranched alkanes of at least 4 members (excludes halogenated alkanes) is 5. The minimum atomic E-state index is -2.05. The molecule has 5 amide bonds. The van der Waals surface area contributed by atoms with E-state index in [-0.39, 0.29) is 5.56 Å². The molecule has 6 saturated heterocycles. The monoisotopic (exact) mass is 1420 g/mol. The van der Waals surface area contributed by atoms with Gasteiger partial charge in [0.1, 0.15) is 140 Å². The fourth-order valence-corrected chi connectivity index (χ4v) is 12.9. The molecule has 6 aliphatic heterocycles. The number of amides is 5. The molecule has 1 aromatic rings. The second-order valence-electron chi connectivity index (χ2n) is 25.6. The third kappa shape index (κ3) is 21.0. The third-order valence-corrected chi connectivity index (χ3v) is 18.1. The van der Waals surface area contributed by atoms with E-state index in [4.69, 9.17) is 61.6 Å². The maximum absolute atomic E-state index is 14.0. The molecule has 0 aliphatic carbocycles. The van der Waals surface area contributed by atoms with E-state index in [2.05, 4.69) is 45.7 Å². The van der Waals surface area contributed by atoms with Crippen LogP contribution in [-0.2, 0) is 76.0 Å². The lowest BCUT2D eigenvalue weighted by molar-refractivity contribution is -0.366. The lowest BCUT2D eigenvalue weighted by atomic mass is 9.92. The van der Waals surface area contributed by atoms with Gasteiger partial charge in [0.15, 0.2) is 31.5 Å². The minimum absolute atomic E-state index is 0.0541. The Labute approximate surface area is 572 Å². The molecule has 6 heterocycles. The highest BCUT2D eigenvalue weighted by molar-refractivity contribution is 5.94. The molecule has 0 aromatic heterocycles. The molecule has 35 heteroatoms. The molecule has 0 spiro atoms. The number of allylic oxidation sites excluding steroid dienone is 2. The summed E-state index contributed by atoms with van der Waals surface area (Å²) in [6, 6.07) is -1.88. The molecule has 6 aliphatic rings. The quantitative estimate of drug-likeness (QED) is 0.0236. The molecule has 0 saturated carbocycles. The van der Waals surface area contributed by atoms with Gasteiger partial charge in [-0.1, -0.05) is 44.4 Å². The molecule has 1 aromatic carbocycles. The van der Waals surface area contributed by atoms with Gasteiger partial charge in [-0.2, -0.15) is 0 Å². The predicted octanol–water partition coefficient (Wildman–Crippen LogP) is -5.65. The largest absolute Gasteiger partial charge is 0.494 e. The highest BCUT2D eigenvalue weighted by atomic mass is 16.8. The summed E-state index contributed by atoms with van der Waals surface area (Å²) in [4.78, 5) is 65.3. The smallest absolute Gasteiger partial charge is 0.251 e. The number of carbonyl (C=O) groups excluding carboxylic acids is 5. The van der Waals surface area contributed by atoms with E-state index in [0.29, 0.717) is 18.8 Å². The van der Waals surface area contributed by atoms with Crippen molar-refractivity contribution >= 4 is 29.5 Å². The first-order chi connectivity index (χ1) is 47.2. The predicted molar refractivity (Wildman–Crippen MR) is 337 cm³/mol. The number of hydrogen-bond acceptors (Lipinski definition) is 30. The molecule has 17 N–H and O–H groups in total. The highest BCUT2D eigenvalue weighted by Crippen LogP contribution is 2.37. The van der Waals surface area contributed by atoms with Crippen molar-refractivity contribution in [2.45, 2.75) is 277 Å². The summed E-state index contributed by atoms with van der Waals surface area (Å²) >= 11 is 0. The number of aliphatic hydroxyl groups excluding tert-OH is 12. The van der Waals surface area contributed by atoms with Crippen molar-refractivity contribution in [3.8, 4) is 5.75 Å². The molecular weight excluding hydrogens is 1320 g/mol. The van der Waals surface area contributed by atoms with E-state index < -0.39 is 246 Å². The Hall–Kier alpha value is -4.85. The molecule has 7 rings (SSSR count). The normalized spacial score (nSPS) is 39.6. The molecule has 99 heavy (non-hydrogen) atoms. The topological polar surface area (TPSA) is 508 Å². The number of carbonyl (C=O) groups is 5. The van der Waals surface area contributed by atoms with Gasteiger partial charge < -0.3 is 149 Å². The average Bonchev–Trinajstić information content (AvgIpc) is 0.771. The van der Waals surface area contributed by atoms with E-state index in [0.717, 1.165) is 46.5 Å². The van der Waals surface area contributed by atoms with Crippen LogP contribution >= 0.6 is 0 Å². The Morgan fingerprint density at radius 2 is 0.889 bits per heavy atom. The summed E-state index contributed by atoms with van der Waals surface area (Å²) in [5.74, 6) is -3.43. The fraction of sp³-hybridized carbons (Fsp3) is 0.797. The van der Waals surface area contributed by atoms with Crippen molar-refractivity contribution in [1.29, 1.82) is 0 Å². The number of nitrogens with one attached hydrogen (secondary N) is 5. The van der Waals surface area contributed by atoms with Crippen LogP contribution in [0.1, 0.15) is 104 Å². The third-order valence-electron chi connectivity index (χ3n) is 18.1. The van der Waals surface area contributed by atoms with Gasteiger partial charge in [0.2, 0.25) is 23.6 Å². The van der Waals surface area contributed by atoms with Gasteiger partial charge in [0.05, 0.1) is 57.9 Å². The van der Waals surface area contributed by atoms with Crippen molar-refractivity contribution in [3.63, 3.8) is 0 Å². The fourth-order valence-electron chi connectivity index (χ4n) is 12.9. The van der Waals surface area contributed by atoms with Crippen LogP contribution in [0.25, 0.3) is 0 Å². The molecule has 6 fully saturated rings. The Morgan fingerprint density at radius 1 is 0.455 bits per heavy atom. The van der Waals surface area contributed by atoms with Crippen LogP contribution in [0.4, 0.5) is 0 Å². The second-order valence-corrected chi connectivity index (χ2v) is 25.6. The van der Waals surface area contributed by atoms with Gasteiger partial charge in [0.25, 0.3) is 5.91 Å². The van der Waals surface area contributed by atoms with Crippen LogP contribution in [0.2, 0.25) is 0 Å². The standard InChI is InChI=1S/C64H103N5O30/c1-9-10-11-12-13-14-15-16-17-21-88-35-20-18-19-34(22-35)59(86)69-42-48(80)47(79)36(23-70)92-60(42)96-54-37(24-71)93-61(43(50(54)82)66-31(5)75)97-55-38(25-72)94-62(44(51(55)83)67-32(6)76)98-56-39(26-73)95-63(45(52(56)84)68-33(7)77)99-57-40(90-28(2)41(49(57)81)65-30(4)74)27-89-64-58(87-8)53(85)46(78)29(3)91-64/h14-15,18-20,22,28-29,36-58,60-64,70-73,78-85H,9-13,16-17,21,23-27H2,1-8H3,(H,65,74)(H,66,75)(H,67,76)(H,68,77)(H,69,86)/b15-14-/t28?,29?,36?,37-,38?,39-,40?,41?,42?,43?,44?,45?,46?,47?,48?,49?,50?,51?,52?,53?,54?,55?,56?,57?,58?,60?,61-,62?,63-,64?/m0/s1. The minimum Gasteiger partial charge on any atom is -0.494 e. The lowest BCUT2D eigenvalue weighted by Crippen LogP contribution is -2.72. The number of aliphatic hydroxyl groups is 12. The molecule has 0 radical (unpaired) electrons. The molecule has 564 valence electrons. The zero-order chi connectivity index (χ0) is 72.5. The zero-order valence-electron chi connectivity index (χ0n) is 56.7. The Bertz CT molecular complexity index is 2730. The number of methoxy groups -OCH3 is 1. The summed E-state index contributed by atoms with van der Waals surface area (Å²) in [5, 5.41) is 148. The first-order valence-corrected chi connectivity index (χ1v) is 33.5. The summed E-state index contributed by atoms with van der Waals surface area (Å²) in [5.41, 5.74) is 0.0541. The van der Waals surface area contributed by atoms with Gasteiger partial charge >= 0.3 is 0 Å². The zero-order valence-corrected chi connectivity index (χ0v) is 56.7. The van der Waals surface area contributed by atoms with Crippen molar-refractivity contribution in [2.75, 3.05) is 46.8 Å². The Kier molecular flexibility index (Phi) is 31.8. The van der Waals surface area contributed by atoms with Crippen molar-refractivity contribution in [3.05, 3.63) is 42.0 Å². The number of rotatable bonds is 32. The van der Waals surface area contributed by atoms with Crippen LogP contribution in [-0.4, -0.2) is 321 Å². The molecule has 26 unspecified atom stereocenters. The summed E-state index contributed by atoms with van der Waals surface area (Å²) in [7, 11) is 1.25. The SMILES string of the molecule is CCCCCC/C=C\CCCOc1cccc(C(=O)NC2C(OC3C(O)C(NC(C)=O)[C@H](OC4C(CO)OC(OC5C(O)C(NC(C)=O)[C@H](OC6C(COC7OC(C)C(O)C(O)C7OC)OC(C)C(NC(C)=O)C6O)O[C@H]5CO)C(NC(C)=O)C4O)O[C@H]3CO)OC(CO)C(O)C2O)c1. The highest BCUT2D eigenvalue weighted by Gasteiger charge is 2.58. The Morgan fingerprint density at radius 3 is 1.34 bits per heavy atom. The number of benzene rings is 1. The van der Waals surface area contributed by atoms with Crippen molar-refractivity contribution in [2.24, 2.45) is 0 Å². The van der Waals surface area contributed by atoms with Gasteiger partial charge in [-0.15, -0.1) is 0 Å². The summed E-state index contributed by atoms with van der Waals surface area (Å²) in [6.07, 6.45) is -29.7. The molecule has 35 nitrogen and oxygen atoms in total. The van der Waals surface area contributed by atoms with Gasteiger partial charge in [0, 0.05) is 40.4 Å². The summed E-state index contributed by atoms with van der Waals surface area (Å²) < 4.78 is 78.9. The van der Waals surface area contributed by atoms with Crippen LogP contribution in [0.3, 0.4) is 0 Å². The van der Waals surface area contributed by atoms with Crippen LogP contribution in [0.15, 0.2) is 36.4 Å². The maximum atomic E-state index is 14.0. The molecule has 30 atom stereocenters. The maximum Gasteiger partial charge on any atom is 0.251 e. The Balaban J connectivity index is 1.07. The van der Waals surface area contributed by atoms with Gasteiger partial charge in [-0.3, -0.25) is 24.0 Å². The molecular formula is C64H103N5O30. The van der Waals surface area contributed by atoms with Crippen LogP contribution < -0.4 is 31.3 Å².